The number of esters is 1. The van der Waals surface area contributed by atoms with Crippen LogP contribution in [0.2, 0.25) is 0 Å². The van der Waals surface area contributed by atoms with Crippen LogP contribution in [0, 0.1) is 6.92 Å². The van der Waals surface area contributed by atoms with Gasteiger partial charge in [-0.1, -0.05) is 24.3 Å². The Morgan fingerprint density at radius 2 is 1.96 bits per heavy atom. The Balaban J connectivity index is 1.70. The summed E-state index contributed by atoms with van der Waals surface area (Å²) in [4.78, 5) is 24.4. The number of para-hydroxylation sites is 1. The van der Waals surface area contributed by atoms with Gasteiger partial charge in [-0.05, 0) is 36.9 Å². The molecule has 1 heterocycles. The van der Waals surface area contributed by atoms with Crippen molar-refractivity contribution in [2.24, 2.45) is 0 Å². The summed E-state index contributed by atoms with van der Waals surface area (Å²) in [5.74, 6) is -0.289. The second-order valence-electron chi connectivity index (χ2n) is 5.02. The van der Waals surface area contributed by atoms with Gasteiger partial charge in [0.15, 0.2) is 13.2 Å². The molecule has 1 amide bonds. The van der Waals surface area contributed by atoms with Gasteiger partial charge in [0.2, 0.25) is 0 Å². The van der Waals surface area contributed by atoms with Gasteiger partial charge < -0.3 is 14.8 Å². The minimum atomic E-state index is -0.577. The molecule has 0 bridgehead atoms. The Morgan fingerprint density at radius 3 is 2.65 bits per heavy atom. The monoisotopic (exact) mass is 333 g/mol. The minimum Gasteiger partial charge on any atom is -0.482 e. The van der Waals surface area contributed by atoms with Crippen molar-refractivity contribution in [3.8, 4) is 5.75 Å². The van der Waals surface area contributed by atoms with Crippen LogP contribution in [-0.2, 0) is 14.3 Å². The predicted molar refractivity (Wildman–Crippen MR) is 88.5 cm³/mol. The summed E-state index contributed by atoms with van der Waals surface area (Å²) in [5, 5.41) is 4.72. The van der Waals surface area contributed by atoms with Crippen LogP contribution in [0.3, 0.4) is 0 Å². The summed E-state index contributed by atoms with van der Waals surface area (Å²) < 4.78 is 10.3. The number of thiophene rings is 1. The Labute approximate surface area is 139 Å². The first kappa shape index (κ1) is 17.0. The molecule has 0 unspecified atom stereocenters. The second-order valence-corrected chi connectivity index (χ2v) is 6.00. The zero-order valence-electron chi connectivity index (χ0n) is 13.1. The number of amides is 1. The maximum Gasteiger partial charge on any atom is 0.344 e. The van der Waals surface area contributed by atoms with Crippen molar-refractivity contribution in [3.63, 3.8) is 0 Å². The van der Waals surface area contributed by atoms with Crippen LogP contribution in [0.5, 0.6) is 5.75 Å². The van der Waals surface area contributed by atoms with Crippen molar-refractivity contribution in [1.82, 2.24) is 5.32 Å². The highest BCUT2D eigenvalue weighted by molar-refractivity contribution is 7.10. The van der Waals surface area contributed by atoms with Gasteiger partial charge in [0.25, 0.3) is 5.91 Å². The molecule has 1 aromatic heterocycles. The van der Waals surface area contributed by atoms with Gasteiger partial charge in [0.05, 0.1) is 6.04 Å². The molecule has 2 rings (SSSR count). The van der Waals surface area contributed by atoms with Crippen LogP contribution in [0.15, 0.2) is 41.8 Å². The first-order valence-corrected chi connectivity index (χ1v) is 8.11. The highest BCUT2D eigenvalue weighted by Gasteiger charge is 2.13. The first-order valence-electron chi connectivity index (χ1n) is 7.23. The number of hydrogen-bond acceptors (Lipinski definition) is 5. The van der Waals surface area contributed by atoms with E-state index < -0.39 is 5.97 Å². The fourth-order valence-corrected chi connectivity index (χ4v) is 2.67. The lowest BCUT2D eigenvalue weighted by Gasteiger charge is -2.12. The normalized spacial score (nSPS) is 11.6. The summed E-state index contributed by atoms with van der Waals surface area (Å²) in [6, 6.07) is 11.1. The third kappa shape index (κ3) is 5.41. The van der Waals surface area contributed by atoms with Crippen molar-refractivity contribution >= 4 is 23.2 Å². The summed E-state index contributed by atoms with van der Waals surface area (Å²) in [5.41, 5.74) is 0.933. The fourth-order valence-electron chi connectivity index (χ4n) is 1.93. The fraction of sp³-hybridized carbons (Fsp3) is 0.294. The number of aryl methyl sites for hydroxylation is 1. The summed E-state index contributed by atoms with van der Waals surface area (Å²) in [6.07, 6.45) is 0. The Bertz CT molecular complexity index is 654. The minimum absolute atomic E-state index is 0.107. The molecule has 0 fully saturated rings. The van der Waals surface area contributed by atoms with Gasteiger partial charge in [-0.3, -0.25) is 4.79 Å². The number of rotatable bonds is 7. The molecule has 0 aliphatic rings. The molecule has 0 aliphatic heterocycles. The van der Waals surface area contributed by atoms with Gasteiger partial charge in [-0.15, -0.1) is 11.3 Å². The van der Waals surface area contributed by atoms with E-state index in [1.54, 1.807) is 17.4 Å². The summed E-state index contributed by atoms with van der Waals surface area (Å²) in [7, 11) is 0. The number of carbonyl (C=O) groups is 2. The Morgan fingerprint density at radius 1 is 1.17 bits per heavy atom. The van der Waals surface area contributed by atoms with Crippen LogP contribution in [0.1, 0.15) is 23.4 Å². The molecule has 2 aromatic rings. The number of hydrogen-bond donors (Lipinski definition) is 1. The molecule has 0 saturated heterocycles. The number of benzene rings is 1. The molecule has 0 aliphatic carbocycles. The topological polar surface area (TPSA) is 64.6 Å². The van der Waals surface area contributed by atoms with Gasteiger partial charge in [0.1, 0.15) is 5.75 Å². The molecule has 6 heteroatoms. The van der Waals surface area contributed by atoms with Crippen LogP contribution in [-0.4, -0.2) is 25.1 Å². The smallest absolute Gasteiger partial charge is 0.344 e. The second kappa shape index (κ2) is 8.33. The number of carbonyl (C=O) groups excluding carboxylic acids is 2. The largest absolute Gasteiger partial charge is 0.482 e. The Hall–Kier alpha value is -2.34. The third-order valence-electron chi connectivity index (χ3n) is 3.15. The quantitative estimate of drug-likeness (QED) is 0.791. The van der Waals surface area contributed by atoms with Crippen molar-refractivity contribution in [3.05, 3.63) is 52.2 Å². The van der Waals surface area contributed by atoms with Gasteiger partial charge in [0, 0.05) is 4.88 Å². The zero-order valence-corrected chi connectivity index (χ0v) is 13.9. The van der Waals surface area contributed by atoms with Crippen molar-refractivity contribution in [2.75, 3.05) is 13.2 Å². The van der Waals surface area contributed by atoms with Crippen LogP contribution in [0.4, 0.5) is 0 Å². The number of nitrogens with one attached hydrogen (secondary N) is 1. The lowest BCUT2D eigenvalue weighted by atomic mass is 10.2. The first-order chi connectivity index (χ1) is 11.1. The Kier molecular flexibility index (Phi) is 6.17. The lowest BCUT2D eigenvalue weighted by molar-refractivity contribution is -0.150. The standard InChI is InChI=1S/C17H19NO4S/c1-12-6-3-4-7-14(12)21-11-17(20)22-10-16(19)18-13(2)15-8-5-9-23-15/h3-9,13H,10-11H2,1-2H3,(H,18,19)/t13-/m1/s1. The predicted octanol–water partition coefficient (Wildman–Crippen LogP) is 2.86. The van der Waals surface area contributed by atoms with E-state index in [-0.39, 0.29) is 25.2 Å². The average molecular weight is 333 g/mol. The van der Waals surface area contributed by atoms with Gasteiger partial charge in [-0.2, -0.15) is 0 Å². The maximum atomic E-state index is 11.8. The molecule has 122 valence electrons. The molecule has 1 atom stereocenters. The highest BCUT2D eigenvalue weighted by Crippen LogP contribution is 2.18. The number of ether oxygens (including phenoxy) is 2. The van der Waals surface area contributed by atoms with E-state index in [9.17, 15) is 9.59 Å². The van der Waals surface area contributed by atoms with Crippen LogP contribution >= 0.6 is 11.3 Å². The van der Waals surface area contributed by atoms with E-state index in [0.717, 1.165) is 10.4 Å². The van der Waals surface area contributed by atoms with Crippen molar-refractivity contribution < 1.29 is 19.1 Å². The van der Waals surface area contributed by atoms with E-state index in [1.165, 1.54) is 0 Å². The molecular formula is C17H19NO4S. The zero-order chi connectivity index (χ0) is 16.7. The molecular weight excluding hydrogens is 314 g/mol. The van der Waals surface area contributed by atoms with E-state index in [2.05, 4.69) is 5.32 Å². The third-order valence-corrected chi connectivity index (χ3v) is 4.21. The molecule has 5 nitrogen and oxygen atoms in total. The molecule has 23 heavy (non-hydrogen) atoms. The van der Waals surface area contributed by atoms with E-state index in [4.69, 9.17) is 9.47 Å². The van der Waals surface area contributed by atoms with Crippen LogP contribution in [0.25, 0.3) is 0 Å². The van der Waals surface area contributed by atoms with Gasteiger partial charge >= 0.3 is 5.97 Å². The van der Waals surface area contributed by atoms with Crippen molar-refractivity contribution in [2.45, 2.75) is 19.9 Å². The van der Waals surface area contributed by atoms with Crippen molar-refractivity contribution in [1.29, 1.82) is 0 Å². The summed E-state index contributed by atoms with van der Waals surface area (Å²) >= 11 is 1.56. The molecule has 0 saturated carbocycles. The molecule has 0 spiro atoms. The molecule has 1 aromatic carbocycles. The van der Waals surface area contributed by atoms with Crippen LogP contribution < -0.4 is 10.1 Å². The average Bonchev–Trinajstić information content (AvgIpc) is 3.06. The highest BCUT2D eigenvalue weighted by atomic mass is 32.1. The molecule has 1 N–H and O–H groups in total. The van der Waals surface area contributed by atoms with E-state index >= 15 is 0 Å². The van der Waals surface area contributed by atoms with E-state index in [0.29, 0.717) is 5.75 Å². The summed E-state index contributed by atoms with van der Waals surface area (Å²) in [6.45, 7) is 3.23. The van der Waals surface area contributed by atoms with Gasteiger partial charge in [-0.25, -0.2) is 4.79 Å². The SMILES string of the molecule is Cc1ccccc1OCC(=O)OCC(=O)N[C@H](C)c1cccs1. The van der Waals surface area contributed by atoms with E-state index in [1.807, 2.05) is 49.6 Å². The maximum absolute atomic E-state index is 11.8. The molecule has 0 radical (unpaired) electrons. The lowest BCUT2D eigenvalue weighted by Crippen LogP contribution is -2.31.